The van der Waals surface area contributed by atoms with Crippen molar-refractivity contribution in [1.82, 2.24) is 19.1 Å². The second-order valence-corrected chi connectivity index (χ2v) is 5.22. The molecule has 0 radical (unpaired) electrons. The molecule has 2 heterocycles. The molecule has 3 aromatic rings. The molecule has 0 saturated heterocycles. The largest absolute Gasteiger partial charge is 0.333 e. The van der Waals surface area contributed by atoms with Gasteiger partial charge in [-0.25, -0.2) is 9.78 Å². The lowest BCUT2D eigenvalue weighted by atomic mass is 10.1. The number of aromatic nitrogens is 4. The second kappa shape index (κ2) is 5.14. The van der Waals surface area contributed by atoms with E-state index >= 15 is 0 Å². The van der Waals surface area contributed by atoms with Gasteiger partial charge in [0, 0.05) is 14.1 Å². The standard InChI is InChI=1S/C16H16N4O2/c1-10-6-4-5-7-11(10)8-9-12-17-13-14(18-12)19(2)16(22)20(3)15(13)21/h4-9H,1-3H3,(H,17,18)/b9-8+. The van der Waals surface area contributed by atoms with Gasteiger partial charge >= 0.3 is 5.69 Å². The van der Waals surface area contributed by atoms with Crippen LogP contribution >= 0.6 is 0 Å². The Kier molecular flexibility index (Phi) is 3.29. The Morgan fingerprint density at radius 2 is 1.82 bits per heavy atom. The minimum absolute atomic E-state index is 0.328. The summed E-state index contributed by atoms with van der Waals surface area (Å²) in [6, 6.07) is 7.97. The average molecular weight is 296 g/mol. The third-order valence-corrected chi connectivity index (χ3v) is 3.72. The molecular formula is C16H16N4O2. The molecule has 0 saturated carbocycles. The van der Waals surface area contributed by atoms with E-state index in [9.17, 15) is 9.59 Å². The maximum Gasteiger partial charge on any atom is 0.332 e. The van der Waals surface area contributed by atoms with Gasteiger partial charge in [-0.2, -0.15) is 0 Å². The van der Waals surface area contributed by atoms with Crippen LogP contribution in [0.2, 0.25) is 0 Å². The third-order valence-electron chi connectivity index (χ3n) is 3.72. The SMILES string of the molecule is Cc1ccccc1/C=C/c1nc2c([nH]1)c(=O)n(C)c(=O)n2C. The van der Waals surface area contributed by atoms with Crippen LogP contribution < -0.4 is 11.2 Å². The number of H-pyrrole nitrogens is 1. The van der Waals surface area contributed by atoms with Gasteiger partial charge in [-0.15, -0.1) is 0 Å². The number of nitrogens with zero attached hydrogens (tertiary/aromatic N) is 3. The Morgan fingerprint density at radius 1 is 1.09 bits per heavy atom. The van der Waals surface area contributed by atoms with Crippen molar-refractivity contribution in [2.45, 2.75) is 6.92 Å². The zero-order valence-electron chi connectivity index (χ0n) is 12.6. The van der Waals surface area contributed by atoms with Crippen LogP contribution in [0.3, 0.4) is 0 Å². The number of fused-ring (bicyclic) bond motifs is 1. The van der Waals surface area contributed by atoms with E-state index in [4.69, 9.17) is 0 Å². The van der Waals surface area contributed by atoms with E-state index in [1.807, 2.05) is 37.3 Å². The van der Waals surface area contributed by atoms with Gasteiger partial charge in [-0.05, 0) is 24.1 Å². The zero-order chi connectivity index (χ0) is 15.9. The van der Waals surface area contributed by atoms with Crippen LogP contribution in [0.4, 0.5) is 0 Å². The molecule has 0 aliphatic rings. The lowest BCUT2D eigenvalue weighted by molar-refractivity contribution is 0.709. The van der Waals surface area contributed by atoms with E-state index in [0.717, 1.165) is 15.7 Å². The molecule has 3 rings (SSSR count). The number of imidazole rings is 1. The molecule has 0 bridgehead atoms. The van der Waals surface area contributed by atoms with Crippen LogP contribution in [0.15, 0.2) is 33.9 Å². The molecule has 0 aliphatic carbocycles. The van der Waals surface area contributed by atoms with Gasteiger partial charge in [0.15, 0.2) is 5.65 Å². The smallest absolute Gasteiger partial charge is 0.332 e. The van der Waals surface area contributed by atoms with E-state index < -0.39 is 5.69 Å². The molecule has 112 valence electrons. The monoisotopic (exact) mass is 296 g/mol. The van der Waals surface area contributed by atoms with Gasteiger partial charge in [0.1, 0.15) is 11.3 Å². The molecular weight excluding hydrogens is 280 g/mol. The summed E-state index contributed by atoms with van der Waals surface area (Å²) in [5, 5.41) is 0. The van der Waals surface area contributed by atoms with E-state index in [1.165, 1.54) is 11.6 Å². The highest BCUT2D eigenvalue weighted by Gasteiger charge is 2.12. The maximum atomic E-state index is 12.1. The number of benzene rings is 1. The predicted molar refractivity (Wildman–Crippen MR) is 86.7 cm³/mol. The highest BCUT2D eigenvalue weighted by molar-refractivity contribution is 5.75. The fraction of sp³-hybridized carbons (Fsp3) is 0.188. The maximum absolute atomic E-state index is 12.1. The van der Waals surface area contributed by atoms with Crippen LogP contribution in [0, 0.1) is 6.92 Å². The Hall–Kier alpha value is -2.89. The van der Waals surface area contributed by atoms with E-state index in [2.05, 4.69) is 9.97 Å². The zero-order valence-corrected chi connectivity index (χ0v) is 12.6. The Balaban J connectivity index is 2.13. The highest BCUT2D eigenvalue weighted by Crippen LogP contribution is 2.12. The van der Waals surface area contributed by atoms with E-state index in [-0.39, 0.29) is 5.56 Å². The second-order valence-electron chi connectivity index (χ2n) is 5.22. The van der Waals surface area contributed by atoms with E-state index in [1.54, 1.807) is 13.1 Å². The summed E-state index contributed by atoms with van der Waals surface area (Å²) in [6.45, 7) is 2.03. The number of hydrogen-bond donors (Lipinski definition) is 1. The first-order valence-electron chi connectivity index (χ1n) is 6.88. The summed E-state index contributed by atoms with van der Waals surface area (Å²) in [6.07, 6.45) is 3.72. The Labute approximate surface area is 126 Å². The number of rotatable bonds is 2. The molecule has 0 unspecified atom stereocenters. The average Bonchev–Trinajstić information content (AvgIpc) is 2.94. The van der Waals surface area contributed by atoms with Crippen molar-refractivity contribution in [3.05, 3.63) is 62.1 Å². The van der Waals surface area contributed by atoms with Gasteiger partial charge in [-0.1, -0.05) is 30.3 Å². The first kappa shape index (κ1) is 14.1. The van der Waals surface area contributed by atoms with Crippen LogP contribution in [0.5, 0.6) is 0 Å². The quantitative estimate of drug-likeness (QED) is 0.777. The summed E-state index contributed by atoms with van der Waals surface area (Å²) < 4.78 is 2.42. The first-order valence-corrected chi connectivity index (χ1v) is 6.88. The molecule has 2 aromatic heterocycles. The topological polar surface area (TPSA) is 72.7 Å². The van der Waals surface area contributed by atoms with Gasteiger partial charge in [-0.3, -0.25) is 13.9 Å². The molecule has 1 aromatic carbocycles. The summed E-state index contributed by atoms with van der Waals surface area (Å²) >= 11 is 0. The predicted octanol–water partition coefficient (Wildman–Crippen LogP) is 1.44. The molecule has 6 heteroatoms. The Bertz CT molecular complexity index is 1010. The lowest BCUT2D eigenvalue weighted by Crippen LogP contribution is -2.36. The molecule has 0 atom stereocenters. The van der Waals surface area contributed by atoms with Crippen molar-refractivity contribution in [2.24, 2.45) is 14.1 Å². The van der Waals surface area contributed by atoms with Crippen molar-refractivity contribution in [2.75, 3.05) is 0 Å². The molecule has 6 nitrogen and oxygen atoms in total. The minimum atomic E-state index is -0.390. The summed E-state index contributed by atoms with van der Waals surface area (Å²) in [5.41, 5.74) is 2.15. The van der Waals surface area contributed by atoms with Crippen LogP contribution in [-0.4, -0.2) is 19.1 Å². The number of hydrogen-bond acceptors (Lipinski definition) is 3. The molecule has 1 N–H and O–H groups in total. The van der Waals surface area contributed by atoms with Crippen LogP contribution in [0.25, 0.3) is 23.3 Å². The van der Waals surface area contributed by atoms with Crippen molar-refractivity contribution >= 4 is 23.3 Å². The fourth-order valence-electron chi connectivity index (χ4n) is 2.37. The normalized spacial score (nSPS) is 11.6. The van der Waals surface area contributed by atoms with Crippen LogP contribution in [-0.2, 0) is 14.1 Å². The summed E-state index contributed by atoms with van der Waals surface area (Å²) in [5.74, 6) is 0.538. The highest BCUT2D eigenvalue weighted by atomic mass is 16.2. The molecule has 22 heavy (non-hydrogen) atoms. The lowest BCUT2D eigenvalue weighted by Gasteiger charge is -2.00. The molecule has 0 spiro atoms. The fourth-order valence-corrected chi connectivity index (χ4v) is 2.37. The van der Waals surface area contributed by atoms with Crippen molar-refractivity contribution in [1.29, 1.82) is 0 Å². The summed E-state index contributed by atoms with van der Waals surface area (Å²) in [4.78, 5) is 31.3. The van der Waals surface area contributed by atoms with E-state index in [0.29, 0.717) is 17.0 Å². The third kappa shape index (κ3) is 2.18. The van der Waals surface area contributed by atoms with Crippen LogP contribution in [0.1, 0.15) is 17.0 Å². The Morgan fingerprint density at radius 3 is 2.55 bits per heavy atom. The van der Waals surface area contributed by atoms with Gasteiger partial charge in [0.05, 0.1) is 0 Å². The first-order chi connectivity index (χ1) is 10.5. The number of aromatic amines is 1. The minimum Gasteiger partial charge on any atom is -0.333 e. The van der Waals surface area contributed by atoms with Gasteiger partial charge in [0.25, 0.3) is 5.56 Å². The van der Waals surface area contributed by atoms with Crippen molar-refractivity contribution in [3.63, 3.8) is 0 Å². The van der Waals surface area contributed by atoms with Gasteiger partial charge in [0.2, 0.25) is 0 Å². The molecule has 0 fully saturated rings. The molecule has 0 amide bonds. The van der Waals surface area contributed by atoms with Gasteiger partial charge < -0.3 is 4.98 Å². The number of aryl methyl sites for hydroxylation is 2. The number of nitrogens with one attached hydrogen (secondary N) is 1. The summed E-state index contributed by atoms with van der Waals surface area (Å²) in [7, 11) is 3.05. The van der Waals surface area contributed by atoms with Crippen molar-refractivity contribution in [3.8, 4) is 0 Å². The van der Waals surface area contributed by atoms with Crippen molar-refractivity contribution < 1.29 is 0 Å². The molecule has 0 aliphatic heterocycles.